The molecule has 0 aliphatic rings. The molecule has 0 spiro atoms. The van der Waals surface area contributed by atoms with Crippen molar-refractivity contribution in [2.24, 2.45) is 0 Å². The van der Waals surface area contributed by atoms with Crippen molar-refractivity contribution in [3.8, 4) is 0 Å². The number of rotatable bonds is 8. The summed E-state index contributed by atoms with van der Waals surface area (Å²) in [6.45, 7) is 7.64. The summed E-state index contributed by atoms with van der Waals surface area (Å²) in [4.78, 5) is 0. The van der Waals surface area contributed by atoms with Crippen LogP contribution in [0.3, 0.4) is 0 Å². The third-order valence-corrected chi connectivity index (χ3v) is 7.12. The maximum absolute atomic E-state index is 6.04. The van der Waals surface area contributed by atoms with Gasteiger partial charge in [0.1, 0.15) is 0 Å². The Morgan fingerprint density at radius 3 is 1.62 bits per heavy atom. The average Bonchev–Trinajstić information content (AvgIpc) is 2.51. The summed E-state index contributed by atoms with van der Waals surface area (Å²) in [6.07, 6.45) is 5.70. The molecule has 2 rings (SSSR count). The molecule has 0 aromatic heterocycles. The zero-order valence-corrected chi connectivity index (χ0v) is 15.3. The summed E-state index contributed by atoms with van der Waals surface area (Å²) in [5.41, 5.74) is 2.64. The topological polar surface area (TPSA) is 9.23 Å². The van der Waals surface area contributed by atoms with Crippen LogP contribution in [0.4, 0.5) is 0 Å². The zero-order valence-electron chi connectivity index (χ0n) is 11.8. The average molecular weight is 408 g/mol. The number of hydrogen-bond donors (Lipinski definition) is 0. The van der Waals surface area contributed by atoms with E-state index in [0.29, 0.717) is 0 Å². The first kappa shape index (κ1) is 16.3. The van der Waals surface area contributed by atoms with Gasteiger partial charge in [-0.15, -0.1) is 0 Å². The van der Waals surface area contributed by atoms with Gasteiger partial charge in [0, 0.05) is 0 Å². The van der Waals surface area contributed by atoms with E-state index in [1.165, 1.54) is 20.1 Å². The van der Waals surface area contributed by atoms with E-state index in [1.54, 1.807) is 0 Å². The first-order valence-electron chi connectivity index (χ1n) is 6.74. The fraction of sp³-hybridized carbons (Fsp3) is 0.111. The Balaban J connectivity index is 1.98. The molecule has 0 bridgehead atoms. The number of benzene rings is 2. The second-order valence-electron chi connectivity index (χ2n) is 4.44. The summed E-state index contributed by atoms with van der Waals surface area (Å²) in [5.74, 6) is 0. The number of hydrogen-bond acceptors (Lipinski definition) is 1. The van der Waals surface area contributed by atoms with Gasteiger partial charge < -0.3 is 0 Å². The van der Waals surface area contributed by atoms with Crippen LogP contribution in [0.25, 0.3) is 0 Å². The van der Waals surface area contributed by atoms with Gasteiger partial charge in [0.05, 0.1) is 0 Å². The molecule has 0 heterocycles. The van der Waals surface area contributed by atoms with E-state index in [2.05, 4.69) is 61.7 Å². The quantitative estimate of drug-likeness (QED) is 0.482. The van der Waals surface area contributed by atoms with Crippen LogP contribution >= 0.6 is 0 Å². The van der Waals surface area contributed by atoms with Gasteiger partial charge in [-0.1, -0.05) is 0 Å². The fourth-order valence-electron chi connectivity index (χ4n) is 1.91. The Labute approximate surface area is 140 Å². The van der Waals surface area contributed by atoms with E-state index < -0.39 is 0 Å². The molecule has 0 atom stereocenters. The van der Waals surface area contributed by atoms with Crippen molar-refractivity contribution in [1.29, 1.82) is 0 Å². The molecule has 0 radical (unpaired) electrons. The standard InChI is InChI=1S/C18H18OSe2/c1-3-9-15-11-5-7-13-17(15)20-19-21-18-14-8-6-12-16(18)10-4-2/h3-8,11-14H,1-2,9-10H2. The Hall–Kier alpha value is -1.08. The van der Waals surface area contributed by atoms with Crippen LogP contribution in [0.5, 0.6) is 0 Å². The molecule has 2 aromatic carbocycles. The van der Waals surface area contributed by atoms with Crippen molar-refractivity contribution < 1.29 is 2.90 Å². The Kier molecular flexibility index (Phi) is 7.02. The van der Waals surface area contributed by atoms with Gasteiger partial charge in [-0.25, -0.2) is 0 Å². The van der Waals surface area contributed by atoms with E-state index in [4.69, 9.17) is 2.90 Å². The van der Waals surface area contributed by atoms with Crippen LogP contribution in [-0.4, -0.2) is 30.6 Å². The molecule has 0 saturated carbocycles. The molecule has 21 heavy (non-hydrogen) atoms. The summed E-state index contributed by atoms with van der Waals surface area (Å²) in [5, 5.41) is 0. The Bertz CT molecular complexity index is 554. The van der Waals surface area contributed by atoms with Crippen molar-refractivity contribution in [2.45, 2.75) is 12.8 Å². The third-order valence-electron chi connectivity index (χ3n) is 2.92. The molecular weight excluding hydrogens is 390 g/mol. The van der Waals surface area contributed by atoms with Crippen LogP contribution < -0.4 is 8.92 Å². The van der Waals surface area contributed by atoms with E-state index in [9.17, 15) is 0 Å². The van der Waals surface area contributed by atoms with Crippen molar-refractivity contribution in [2.75, 3.05) is 0 Å². The summed E-state index contributed by atoms with van der Waals surface area (Å²) in [7, 11) is 0. The van der Waals surface area contributed by atoms with E-state index in [-0.39, 0.29) is 30.6 Å². The molecule has 3 heteroatoms. The van der Waals surface area contributed by atoms with E-state index in [1.807, 2.05) is 12.2 Å². The van der Waals surface area contributed by atoms with Crippen LogP contribution in [-0.2, 0) is 15.7 Å². The second-order valence-corrected chi connectivity index (χ2v) is 8.75. The molecule has 0 unspecified atom stereocenters. The molecule has 0 amide bonds. The number of allylic oxidation sites excluding steroid dienone is 2. The second kappa shape index (κ2) is 9.04. The molecule has 0 fully saturated rings. The summed E-state index contributed by atoms with van der Waals surface area (Å²) in [6, 6.07) is 16.9. The van der Waals surface area contributed by atoms with Crippen molar-refractivity contribution in [1.82, 2.24) is 0 Å². The molecule has 2 aromatic rings. The molecule has 1 nitrogen and oxygen atoms in total. The molecule has 0 saturated heterocycles. The molecule has 108 valence electrons. The Morgan fingerprint density at radius 2 is 1.19 bits per heavy atom. The zero-order chi connectivity index (χ0) is 14.9. The molecular formula is C18H18OSe2. The Morgan fingerprint density at radius 1 is 0.762 bits per heavy atom. The van der Waals surface area contributed by atoms with E-state index >= 15 is 0 Å². The van der Waals surface area contributed by atoms with Gasteiger partial charge in [0.25, 0.3) is 0 Å². The maximum atomic E-state index is 6.04. The van der Waals surface area contributed by atoms with E-state index in [0.717, 1.165) is 12.8 Å². The minimum absolute atomic E-state index is 0.0564. The van der Waals surface area contributed by atoms with Crippen molar-refractivity contribution >= 4 is 39.5 Å². The minimum atomic E-state index is 0.0564. The molecule has 0 aliphatic heterocycles. The first-order chi connectivity index (χ1) is 10.3. The van der Waals surface area contributed by atoms with Gasteiger partial charge in [0.15, 0.2) is 0 Å². The van der Waals surface area contributed by atoms with Crippen LogP contribution in [0.15, 0.2) is 73.8 Å². The molecule has 0 N–H and O–H groups in total. The van der Waals surface area contributed by atoms with Crippen molar-refractivity contribution in [3.05, 3.63) is 85.0 Å². The van der Waals surface area contributed by atoms with Gasteiger partial charge in [-0.05, 0) is 0 Å². The van der Waals surface area contributed by atoms with Crippen molar-refractivity contribution in [3.63, 3.8) is 0 Å². The van der Waals surface area contributed by atoms with Crippen LogP contribution in [0.2, 0.25) is 0 Å². The van der Waals surface area contributed by atoms with Crippen LogP contribution in [0.1, 0.15) is 11.1 Å². The summed E-state index contributed by atoms with van der Waals surface area (Å²) >= 11 is 0.113. The van der Waals surface area contributed by atoms with Gasteiger partial charge in [-0.2, -0.15) is 0 Å². The SMILES string of the molecule is C=CCc1ccccc1[Se]O[Se]c1ccccc1CC=C. The normalized spacial score (nSPS) is 10.3. The monoisotopic (exact) mass is 410 g/mol. The molecule has 0 aliphatic carbocycles. The van der Waals surface area contributed by atoms with Gasteiger partial charge in [-0.3, -0.25) is 0 Å². The predicted octanol–water partition coefficient (Wildman–Crippen LogP) is 2.35. The van der Waals surface area contributed by atoms with Gasteiger partial charge in [0.2, 0.25) is 0 Å². The fourth-order valence-corrected chi connectivity index (χ4v) is 5.90. The summed E-state index contributed by atoms with van der Waals surface area (Å²) < 4.78 is 8.66. The third kappa shape index (κ3) is 5.00. The van der Waals surface area contributed by atoms with Crippen LogP contribution in [0, 0.1) is 0 Å². The predicted molar refractivity (Wildman–Crippen MR) is 92.5 cm³/mol. The van der Waals surface area contributed by atoms with Gasteiger partial charge >= 0.3 is 140 Å². The first-order valence-corrected chi connectivity index (χ1v) is 9.85.